The molecule has 3 aromatic heterocycles. The summed E-state index contributed by atoms with van der Waals surface area (Å²) >= 11 is 7.85. The van der Waals surface area contributed by atoms with Gasteiger partial charge in [-0.25, -0.2) is 4.98 Å². The fraction of sp³-hybridized carbons (Fsp3) is 0.286. The van der Waals surface area contributed by atoms with Gasteiger partial charge in [0.15, 0.2) is 3.95 Å². The number of carbonyl (C=O) groups is 1. The average molecular weight is 366 g/mol. The number of nitrogens with one attached hydrogen (secondary N) is 2. The number of carbonyl (C=O) groups excluding carboxylic acids is 1. The van der Waals surface area contributed by atoms with E-state index in [4.69, 9.17) is 12.2 Å². The van der Waals surface area contributed by atoms with Crippen LogP contribution < -0.4 is 5.56 Å². The fourth-order valence-corrected chi connectivity index (χ4v) is 4.20. The first kappa shape index (κ1) is 16.0. The van der Waals surface area contributed by atoms with E-state index in [-0.39, 0.29) is 24.4 Å². The molecule has 0 aliphatic heterocycles. The van der Waals surface area contributed by atoms with Gasteiger partial charge in [-0.15, -0.1) is 22.7 Å². The van der Waals surface area contributed by atoms with Crippen molar-refractivity contribution in [2.75, 3.05) is 7.05 Å². The zero-order valence-corrected chi connectivity index (χ0v) is 15.0. The minimum atomic E-state index is -0.166. The summed E-state index contributed by atoms with van der Waals surface area (Å²) in [7, 11) is 1.70. The van der Waals surface area contributed by atoms with Gasteiger partial charge in [-0.2, -0.15) is 0 Å². The molecular formula is C14H14N4O2S3. The molecule has 120 valence electrons. The van der Waals surface area contributed by atoms with Gasteiger partial charge in [0.05, 0.1) is 18.5 Å². The Bertz CT molecular complexity index is 982. The van der Waals surface area contributed by atoms with Gasteiger partial charge in [-0.05, 0) is 30.6 Å². The van der Waals surface area contributed by atoms with Crippen LogP contribution in [0.25, 0.3) is 10.2 Å². The van der Waals surface area contributed by atoms with E-state index in [1.807, 2.05) is 12.3 Å². The summed E-state index contributed by atoms with van der Waals surface area (Å²) in [5.74, 6) is 0.432. The first-order valence-corrected chi connectivity index (χ1v) is 8.93. The van der Waals surface area contributed by atoms with Gasteiger partial charge in [-0.1, -0.05) is 0 Å². The number of rotatable bonds is 4. The van der Waals surface area contributed by atoms with Crippen LogP contribution in [0.15, 0.2) is 16.2 Å². The Kier molecular flexibility index (Phi) is 4.42. The molecule has 6 nitrogen and oxygen atoms in total. The molecule has 23 heavy (non-hydrogen) atoms. The van der Waals surface area contributed by atoms with Crippen LogP contribution in [0.5, 0.6) is 0 Å². The van der Waals surface area contributed by atoms with E-state index in [0.717, 1.165) is 10.6 Å². The molecule has 3 rings (SSSR count). The third-order valence-corrected chi connectivity index (χ3v) is 5.65. The molecule has 0 saturated heterocycles. The molecule has 2 N–H and O–H groups in total. The van der Waals surface area contributed by atoms with E-state index in [2.05, 4.69) is 15.0 Å². The van der Waals surface area contributed by atoms with Gasteiger partial charge in [0.1, 0.15) is 10.5 Å². The standard InChI is InChI=1S/C14H14N4O2S3/c1-7-9(23-14(21)15-7)5-11(19)18(2)6-10-16-8-3-4-22-12(8)13(20)17-10/h3-4H,5-6H2,1-2H3,(H,15,21)(H,16,17,20). The molecule has 0 spiro atoms. The number of aryl methyl sites for hydroxylation is 1. The van der Waals surface area contributed by atoms with Crippen LogP contribution in [0.4, 0.5) is 0 Å². The molecule has 0 saturated carbocycles. The predicted octanol–water partition coefficient (Wildman–Crippen LogP) is 2.61. The fourth-order valence-electron chi connectivity index (χ4n) is 2.19. The summed E-state index contributed by atoms with van der Waals surface area (Å²) < 4.78 is 1.27. The SMILES string of the molecule is Cc1[nH]c(=S)sc1CC(=O)N(C)Cc1nc2ccsc2c(=O)[nH]1. The van der Waals surface area contributed by atoms with Gasteiger partial charge in [-0.3, -0.25) is 9.59 Å². The molecule has 0 radical (unpaired) electrons. The van der Waals surface area contributed by atoms with Crippen LogP contribution in [0.3, 0.4) is 0 Å². The highest BCUT2D eigenvalue weighted by molar-refractivity contribution is 7.73. The normalized spacial score (nSPS) is 11.0. The second-order valence-corrected chi connectivity index (χ2v) is 7.82. The van der Waals surface area contributed by atoms with Crippen LogP contribution in [0.2, 0.25) is 0 Å². The lowest BCUT2D eigenvalue weighted by Crippen LogP contribution is -2.29. The van der Waals surface area contributed by atoms with Crippen molar-refractivity contribution in [3.8, 4) is 0 Å². The number of H-pyrrole nitrogens is 2. The molecule has 0 aromatic carbocycles. The quantitative estimate of drug-likeness (QED) is 0.696. The smallest absolute Gasteiger partial charge is 0.268 e. The van der Waals surface area contributed by atoms with Crippen molar-refractivity contribution >= 4 is 51.0 Å². The zero-order chi connectivity index (χ0) is 16.6. The van der Waals surface area contributed by atoms with Gasteiger partial charge in [0, 0.05) is 17.6 Å². The van der Waals surface area contributed by atoms with Crippen molar-refractivity contribution in [2.45, 2.75) is 19.9 Å². The van der Waals surface area contributed by atoms with E-state index in [1.165, 1.54) is 22.7 Å². The maximum atomic E-state index is 12.3. The number of nitrogens with zero attached hydrogens (tertiary/aromatic N) is 2. The maximum Gasteiger partial charge on any atom is 0.268 e. The Balaban J connectivity index is 1.75. The highest BCUT2D eigenvalue weighted by atomic mass is 32.1. The molecule has 9 heteroatoms. The summed E-state index contributed by atoms with van der Waals surface area (Å²) in [4.78, 5) is 36.9. The van der Waals surface area contributed by atoms with Crippen LogP contribution in [0, 0.1) is 10.9 Å². The zero-order valence-electron chi connectivity index (χ0n) is 12.5. The lowest BCUT2D eigenvalue weighted by molar-refractivity contribution is -0.129. The monoisotopic (exact) mass is 366 g/mol. The van der Waals surface area contributed by atoms with Crippen LogP contribution >= 0.6 is 34.9 Å². The van der Waals surface area contributed by atoms with Crippen molar-refractivity contribution in [3.63, 3.8) is 0 Å². The van der Waals surface area contributed by atoms with Crippen molar-refractivity contribution < 1.29 is 4.79 Å². The number of aromatic nitrogens is 3. The number of amides is 1. The van der Waals surface area contributed by atoms with E-state index in [0.29, 0.717) is 20.0 Å². The molecule has 0 aliphatic rings. The molecule has 0 fully saturated rings. The van der Waals surface area contributed by atoms with Gasteiger partial charge in [0.25, 0.3) is 5.56 Å². The molecule has 1 amide bonds. The second-order valence-electron chi connectivity index (χ2n) is 5.14. The summed E-state index contributed by atoms with van der Waals surface area (Å²) in [6.07, 6.45) is 0.283. The Morgan fingerprint density at radius 2 is 2.22 bits per heavy atom. The van der Waals surface area contributed by atoms with Crippen molar-refractivity contribution in [1.82, 2.24) is 19.9 Å². The van der Waals surface area contributed by atoms with E-state index >= 15 is 0 Å². The minimum absolute atomic E-state index is 0.0496. The maximum absolute atomic E-state index is 12.3. The molecule has 3 heterocycles. The third-order valence-electron chi connectivity index (χ3n) is 3.41. The van der Waals surface area contributed by atoms with E-state index in [1.54, 1.807) is 18.0 Å². The third kappa shape index (κ3) is 3.41. The summed E-state index contributed by atoms with van der Waals surface area (Å²) in [6, 6.07) is 1.80. The molecule has 3 aromatic rings. The van der Waals surface area contributed by atoms with E-state index < -0.39 is 0 Å². The number of thiazole rings is 1. The number of fused-ring (bicyclic) bond motifs is 1. The van der Waals surface area contributed by atoms with Gasteiger partial charge in [0.2, 0.25) is 5.91 Å². The lowest BCUT2D eigenvalue weighted by Gasteiger charge is -2.16. The second kappa shape index (κ2) is 6.34. The van der Waals surface area contributed by atoms with Crippen molar-refractivity contribution in [3.05, 3.63) is 42.1 Å². The number of aromatic amines is 2. The number of likely N-dealkylation sites (N-methyl/N-ethyl adjacent to an activating group) is 1. The summed E-state index contributed by atoms with van der Waals surface area (Å²) in [6.45, 7) is 2.16. The van der Waals surface area contributed by atoms with Crippen molar-refractivity contribution in [2.24, 2.45) is 0 Å². The average Bonchev–Trinajstić information content (AvgIpc) is 3.06. The Morgan fingerprint density at radius 1 is 1.43 bits per heavy atom. The number of hydrogen-bond acceptors (Lipinski definition) is 6. The van der Waals surface area contributed by atoms with E-state index in [9.17, 15) is 9.59 Å². The summed E-state index contributed by atoms with van der Waals surface area (Å²) in [5.41, 5.74) is 1.42. The molecular weight excluding hydrogens is 352 g/mol. The lowest BCUT2D eigenvalue weighted by atomic mass is 10.3. The molecule has 0 atom stereocenters. The molecule has 0 unspecified atom stereocenters. The number of thiophene rings is 1. The first-order valence-electron chi connectivity index (χ1n) is 6.83. The Morgan fingerprint density at radius 3 is 2.91 bits per heavy atom. The van der Waals surface area contributed by atoms with Crippen LogP contribution in [-0.2, 0) is 17.8 Å². The van der Waals surface area contributed by atoms with Gasteiger partial charge >= 0.3 is 0 Å². The largest absolute Gasteiger partial charge is 0.341 e. The first-order chi connectivity index (χ1) is 10.9. The van der Waals surface area contributed by atoms with Crippen LogP contribution in [0.1, 0.15) is 16.4 Å². The van der Waals surface area contributed by atoms with Gasteiger partial charge < -0.3 is 14.9 Å². The molecule has 0 bridgehead atoms. The topological polar surface area (TPSA) is 81.8 Å². The number of hydrogen-bond donors (Lipinski definition) is 2. The predicted molar refractivity (Wildman–Crippen MR) is 94.7 cm³/mol. The molecule has 0 aliphatic carbocycles. The minimum Gasteiger partial charge on any atom is -0.341 e. The Hall–Kier alpha value is -1.84. The van der Waals surface area contributed by atoms with Crippen molar-refractivity contribution in [1.29, 1.82) is 0 Å². The highest BCUT2D eigenvalue weighted by Gasteiger charge is 2.15. The van der Waals surface area contributed by atoms with Crippen LogP contribution in [-0.4, -0.2) is 32.8 Å². The summed E-state index contributed by atoms with van der Waals surface area (Å²) in [5, 5.41) is 1.83. The highest BCUT2D eigenvalue weighted by Crippen LogP contribution is 2.17. The Labute approximate surface area is 144 Å².